The predicted octanol–water partition coefficient (Wildman–Crippen LogP) is 4.87. The number of aliphatic imine (C=N–C) groups is 1. The summed E-state index contributed by atoms with van der Waals surface area (Å²) in [4.78, 5) is 43.8. The van der Waals surface area contributed by atoms with Crippen molar-refractivity contribution in [3.63, 3.8) is 0 Å². The Hall–Kier alpha value is -4.28. The van der Waals surface area contributed by atoms with Gasteiger partial charge in [-0.3, -0.25) is 14.6 Å². The molecule has 0 aliphatic heterocycles. The number of nitrogens with one attached hydrogen (secondary N) is 3. The second-order valence-corrected chi connectivity index (χ2v) is 11.9. The average Bonchev–Trinajstić information content (AvgIpc) is 3.51. The van der Waals surface area contributed by atoms with Gasteiger partial charge in [-0.25, -0.2) is 4.98 Å². The summed E-state index contributed by atoms with van der Waals surface area (Å²) in [7, 11) is 7.92. The third-order valence-electron chi connectivity index (χ3n) is 7.62. The lowest BCUT2D eigenvalue weighted by molar-refractivity contribution is -0.137. The van der Waals surface area contributed by atoms with Crippen LogP contribution < -0.4 is 10.6 Å². The van der Waals surface area contributed by atoms with Crippen molar-refractivity contribution >= 4 is 23.7 Å². The van der Waals surface area contributed by atoms with E-state index in [1.54, 1.807) is 11.1 Å². The Morgan fingerprint density at radius 2 is 1.57 bits per heavy atom. The molecule has 3 rings (SSSR count). The van der Waals surface area contributed by atoms with Crippen LogP contribution in [0.4, 0.5) is 0 Å². The van der Waals surface area contributed by atoms with Crippen molar-refractivity contribution in [2.45, 2.75) is 52.6 Å². The number of hydrogen-bond acceptors (Lipinski definition) is 7. The van der Waals surface area contributed by atoms with Crippen molar-refractivity contribution < 1.29 is 9.59 Å². The molecule has 0 radical (unpaired) electrons. The Bertz CT molecular complexity index is 1430. The first-order valence-electron chi connectivity index (χ1n) is 16.2. The first-order chi connectivity index (χ1) is 22.1. The van der Waals surface area contributed by atoms with Crippen LogP contribution in [0.25, 0.3) is 28.1 Å². The number of carbonyl (C=O) groups is 2. The lowest BCUT2D eigenvalue weighted by atomic mass is 10.0. The monoisotopic (exact) mass is 628 g/mol. The molecule has 0 aliphatic carbocycles. The average molecular weight is 629 g/mol. The summed E-state index contributed by atoms with van der Waals surface area (Å²) in [5.74, 6) is 0.406. The highest BCUT2D eigenvalue weighted by Crippen LogP contribution is 2.25. The van der Waals surface area contributed by atoms with Gasteiger partial charge < -0.3 is 30.3 Å². The maximum Gasteiger partial charge on any atom is 0.245 e. The number of carbonyl (C=O) groups excluding carboxylic acids is 2. The molecule has 0 aliphatic rings. The molecule has 2 aromatic carbocycles. The number of benzene rings is 2. The number of H-pyrrole nitrogens is 1. The molecule has 10 heteroatoms. The number of rotatable bonds is 18. The minimum absolute atomic E-state index is 0.0903. The Morgan fingerprint density at radius 1 is 0.935 bits per heavy atom. The Kier molecular flexibility index (Phi) is 14.7. The van der Waals surface area contributed by atoms with Gasteiger partial charge in [-0.2, -0.15) is 0 Å². The molecule has 2 amide bonds. The SMILES string of the molecule is CCCN(C)CC=N/C=C(\NC)c1ccc(-c2ccc(-c3cnc(CN(CCC)C(=O)C(CCN(C)C)NC(C)=O)[nH]3)cc2)cc1. The van der Waals surface area contributed by atoms with E-state index in [0.29, 0.717) is 31.9 Å². The molecule has 3 N–H and O–H groups in total. The maximum atomic E-state index is 13.4. The van der Waals surface area contributed by atoms with E-state index in [9.17, 15) is 9.59 Å². The van der Waals surface area contributed by atoms with E-state index < -0.39 is 6.04 Å². The van der Waals surface area contributed by atoms with Crippen LogP contribution in [0.1, 0.15) is 51.4 Å². The zero-order chi connectivity index (χ0) is 33.5. The van der Waals surface area contributed by atoms with Crippen LogP contribution in [0.15, 0.2) is 65.9 Å². The molecule has 248 valence electrons. The van der Waals surface area contributed by atoms with Crippen molar-refractivity contribution in [1.82, 2.24) is 35.3 Å². The van der Waals surface area contributed by atoms with Crippen molar-refractivity contribution in [2.24, 2.45) is 4.99 Å². The van der Waals surface area contributed by atoms with E-state index in [4.69, 9.17) is 0 Å². The van der Waals surface area contributed by atoms with E-state index in [2.05, 4.69) is 93.0 Å². The van der Waals surface area contributed by atoms with Crippen molar-refractivity contribution in [3.8, 4) is 22.4 Å². The van der Waals surface area contributed by atoms with Gasteiger partial charge in [0.2, 0.25) is 11.8 Å². The van der Waals surface area contributed by atoms with E-state index in [1.165, 1.54) is 6.92 Å². The summed E-state index contributed by atoms with van der Waals surface area (Å²) in [6.07, 6.45) is 8.09. The van der Waals surface area contributed by atoms with Gasteiger partial charge in [0, 0.05) is 33.3 Å². The summed E-state index contributed by atoms with van der Waals surface area (Å²) < 4.78 is 0. The fourth-order valence-electron chi connectivity index (χ4n) is 5.17. The summed E-state index contributed by atoms with van der Waals surface area (Å²) in [6, 6.07) is 16.2. The van der Waals surface area contributed by atoms with Crippen molar-refractivity contribution in [1.29, 1.82) is 0 Å². The van der Waals surface area contributed by atoms with Crippen molar-refractivity contribution in [3.05, 3.63) is 72.3 Å². The Morgan fingerprint density at radius 3 is 2.15 bits per heavy atom. The topological polar surface area (TPSA) is 109 Å². The molecule has 0 saturated heterocycles. The zero-order valence-electron chi connectivity index (χ0n) is 28.6. The van der Waals surface area contributed by atoms with Gasteiger partial charge in [0.25, 0.3) is 0 Å². The van der Waals surface area contributed by atoms with Gasteiger partial charge in [-0.15, -0.1) is 0 Å². The number of nitrogens with zero attached hydrogens (tertiary/aromatic N) is 5. The molecule has 1 heterocycles. The molecule has 10 nitrogen and oxygen atoms in total. The van der Waals surface area contributed by atoms with Gasteiger partial charge in [-0.1, -0.05) is 62.4 Å². The lowest BCUT2D eigenvalue weighted by Gasteiger charge is -2.27. The molecule has 0 spiro atoms. The van der Waals surface area contributed by atoms with Gasteiger partial charge in [-0.05, 0) is 75.7 Å². The number of aromatic nitrogens is 2. The van der Waals surface area contributed by atoms with Crippen LogP contribution in [-0.4, -0.2) is 103 Å². The van der Waals surface area contributed by atoms with Gasteiger partial charge in [0.15, 0.2) is 0 Å². The highest BCUT2D eigenvalue weighted by molar-refractivity contribution is 5.87. The molecular formula is C36H52N8O2. The molecule has 1 atom stereocenters. The van der Waals surface area contributed by atoms with Crippen LogP contribution in [0.3, 0.4) is 0 Å². The zero-order valence-corrected chi connectivity index (χ0v) is 28.6. The maximum absolute atomic E-state index is 13.4. The Balaban J connectivity index is 1.67. The summed E-state index contributed by atoms with van der Waals surface area (Å²) in [5.41, 5.74) is 6.17. The number of hydrogen-bond donors (Lipinski definition) is 3. The molecule has 0 fully saturated rings. The van der Waals surface area contributed by atoms with Gasteiger partial charge in [0.1, 0.15) is 11.9 Å². The predicted molar refractivity (Wildman–Crippen MR) is 189 cm³/mol. The molecular weight excluding hydrogens is 576 g/mol. The second-order valence-electron chi connectivity index (χ2n) is 11.9. The summed E-state index contributed by atoms with van der Waals surface area (Å²) in [5, 5.41) is 6.09. The number of amides is 2. The molecule has 1 unspecified atom stereocenters. The smallest absolute Gasteiger partial charge is 0.245 e. The first-order valence-corrected chi connectivity index (χ1v) is 16.2. The second kappa shape index (κ2) is 18.6. The minimum Gasteiger partial charge on any atom is -0.386 e. The van der Waals surface area contributed by atoms with E-state index in [0.717, 1.165) is 59.6 Å². The van der Waals surface area contributed by atoms with Crippen molar-refractivity contribution in [2.75, 3.05) is 54.4 Å². The summed E-state index contributed by atoms with van der Waals surface area (Å²) >= 11 is 0. The van der Waals surface area contributed by atoms with Crippen LogP contribution in [-0.2, 0) is 16.1 Å². The number of imidazole rings is 1. The standard InChI is InChI=1S/C36H52N8O2/c1-8-20-43(7)23-19-38-24-33(37-4)30-14-10-28(11-15-30)29-12-16-31(17-13-29)34-25-39-35(41-34)26-44(21-9-2)36(46)32(40-27(3)45)18-22-42(5)6/h10-17,19,24-25,32,37H,8-9,18,20-23,26H2,1-7H3,(H,39,41)(H,40,45)/b33-24-,38-19?. The molecule has 46 heavy (non-hydrogen) atoms. The fraction of sp³-hybridized carbons (Fsp3) is 0.444. The highest BCUT2D eigenvalue weighted by Gasteiger charge is 2.25. The Labute approximate surface area is 275 Å². The summed E-state index contributed by atoms with van der Waals surface area (Å²) in [6.45, 7) is 9.16. The molecule has 1 aromatic heterocycles. The normalized spacial score (nSPS) is 12.6. The third kappa shape index (κ3) is 11.3. The van der Waals surface area contributed by atoms with Crippen LogP contribution >= 0.6 is 0 Å². The van der Waals surface area contributed by atoms with Crippen LogP contribution in [0, 0.1) is 0 Å². The van der Waals surface area contributed by atoms with Gasteiger partial charge in [0.05, 0.1) is 30.3 Å². The lowest BCUT2D eigenvalue weighted by Crippen LogP contribution is -2.49. The highest BCUT2D eigenvalue weighted by atomic mass is 16.2. The van der Waals surface area contributed by atoms with Crippen LogP contribution in [0.5, 0.6) is 0 Å². The van der Waals surface area contributed by atoms with E-state index >= 15 is 0 Å². The largest absolute Gasteiger partial charge is 0.386 e. The van der Waals surface area contributed by atoms with E-state index in [-0.39, 0.29) is 11.8 Å². The quantitative estimate of drug-likeness (QED) is 0.174. The van der Waals surface area contributed by atoms with Crippen LogP contribution in [0.2, 0.25) is 0 Å². The van der Waals surface area contributed by atoms with Gasteiger partial charge >= 0.3 is 0 Å². The molecule has 0 saturated carbocycles. The first kappa shape index (κ1) is 36.2. The minimum atomic E-state index is -0.570. The molecule has 0 bridgehead atoms. The molecule has 3 aromatic rings. The number of aromatic amines is 1. The van der Waals surface area contributed by atoms with E-state index in [1.807, 2.05) is 45.4 Å². The third-order valence-corrected chi connectivity index (χ3v) is 7.62. The fourth-order valence-corrected chi connectivity index (χ4v) is 5.17.